The maximum Gasteiger partial charge on any atom is 0.267 e. The number of hydrogen-bond acceptors (Lipinski definition) is 8. The molecule has 2 aromatic heterocycles. The number of aryl methyl sites for hydroxylation is 1. The molecule has 37 heavy (non-hydrogen) atoms. The molecule has 2 saturated heterocycles. The van der Waals surface area contributed by atoms with E-state index in [-0.39, 0.29) is 23.7 Å². The van der Waals surface area contributed by atoms with Gasteiger partial charge >= 0.3 is 0 Å². The third-order valence-corrected chi connectivity index (χ3v) is 7.73. The van der Waals surface area contributed by atoms with Crippen molar-refractivity contribution in [3.63, 3.8) is 0 Å². The highest BCUT2D eigenvalue weighted by molar-refractivity contribution is 8.26. The Labute approximate surface area is 224 Å². The van der Waals surface area contributed by atoms with Gasteiger partial charge in [-0.2, -0.15) is 0 Å². The average molecular weight is 537 g/mol. The van der Waals surface area contributed by atoms with Crippen molar-refractivity contribution < 1.29 is 14.3 Å². The summed E-state index contributed by atoms with van der Waals surface area (Å²) in [6.45, 7) is 7.46. The number of benzene rings is 1. The van der Waals surface area contributed by atoms with Crippen molar-refractivity contribution in [3.05, 3.63) is 74.5 Å². The molecule has 10 heteroatoms. The van der Waals surface area contributed by atoms with Crippen molar-refractivity contribution in [1.29, 1.82) is 0 Å². The molecular formula is C27H28N4O4S2. The van der Waals surface area contributed by atoms with Gasteiger partial charge in [0.2, 0.25) is 0 Å². The lowest BCUT2D eigenvalue weighted by molar-refractivity contribution is -0.122. The number of nitrogens with zero attached hydrogens (tertiary/aromatic N) is 4. The van der Waals surface area contributed by atoms with Gasteiger partial charge in [0.25, 0.3) is 11.5 Å². The molecule has 1 amide bonds. The predicted octanol–water partition coefficient (Wildman–Crippen LogP) is 4.03. The van der Waals surface area contributed by atoms with Gasteiger partial charge in [-0.15, -0.1) is 0 Å². The van der Waals surface area contributed by atoms with Gasteiger partial charge < -0.3 is 14.4 Å². The molecule has 0 aliphatic carbocycles. The van der Waals surface area contributed by atoms with Crippen molar-refractivity contribution >= 4 is 51.7 Å². The van der Waals surface area contributed by atoms with E-state index in [1.54, 1.807) is 24.3 Å². The Bertz CT molecular complexity index is 1460. The highest BCUT2D eigenvalue weighted by atomic mass is 32.2. The lowest BCUT2D eigenvalue weighted by atomic mass is 10.1. The van der Waals surface area contributed by atoms with Crippen LogP contribution in [0.1, 0.15) is 30.5 Å². The number of pyridine rings is 1. The van der Waals surface area contributed by atoms with Crippen LogP contribution in [0.25, 0.3) is 11.7 Å². The summed E-state index contributed by atoms with van der Waals surface area (Å²) < 4.78 is 13.1. The van der Waals surface area contributed by atoms with Gasteiger partial charge in [0.1, 0.15) is 21.5 Å². The maximum atomic E-state index is 13.8. The van der Waals surface area contributed by atoms with Gasteiger partial charge in [-0.3, -0.25) is 18.9 Å². The monoisotopic (exact) mass is 536 g/mol. The van der Waals surface area contributed by atoms with E-state index in [2.05, 4.69) is 4.90 Å². The van der Waals surface area contributed by atoms with E-state index in [1.807, 2.05) is 57.2 Å². The normalized spacial score (nSPS) is 21.4. The Morgan fingerprint density at radius 1 is 1.14 bits per heavy atom. The zero-order valence-corrected chi connectivity index (χ0v) is 22.8. The molecule has 0 radical (unpaired) electrons. The molecule has 0 bridgehead atoms. The third kappa shape index (κ3) is 5.14. The average Bonchev–Trinajstić information content (AvgIpc) is 3.13. The van der Waals surface area contributed by atoms with E-state index >= 15 is 0 Å². The Morgan fingerprint density at radius 3 is 2.51 bits per heavy atom. The lowest BCUT2D eigenvalue weighted by Gasteiger charge is -2.36. The van der Waals surface area contributed by atoms with Crippen LogP contribution in [0.4, 0.5) is 5.82 Å². The molecule has 2 aliphatic heterocycles. The Kier molecular flexibility index (Phi) is 7.06. The predicted molar refractivity (Wildman–Crippen MR) is 150 cm³/mol. The molecule has 0 unspecified atom stereocenters. The molecule has 4 heterocycles. The SMILES string of the molecule is COc1ccc(CN2C(=O)/C(=C/c3c(N4C[C@@H](C)O[C@@H](C)C4)nc4ccc(C)cn4c3=O)SC2=S)cc1. The molecule has 3 aromatic rings. The van der Waals surface area contributed by atoms with E-state index in [4.69, 9.17) is 26.7 Å². The number of amides is 1. The summed E-state index contributed by atoms with van der Waals surface area (Å²) >= 11 is 6.75. The third-order valence-electron chi connectivity index (χ3n) is 6.35. The van der Waals surface area contributed by atoms with E-state index < -0.39 is 0 Å². The molecule has 2 atom stereocenters. The summed E-state index contributed by atoms with van der Waals surface area (Å²) in [7, 11) is 1.61. The number of rotatable bonds is 5. The molecule has 0 N–H and O–H groups in total. The Balaban J connectivity index is 1.55. The quantitative estimate of drug-likeness (QED) is 0.358. The van der Waals surface area contributed by atoms with E-state index in [9.17, 15) is 9.59 Å². The molecule has 2 fully saturated rings. The van der Waals surface area contributed by atoms with E-state index in [1.165, 1.54) is 16.2 Å². The number of hydrogen-bond donors (Lipinski definition) is 0. The van der Waals surface area contributed by atoms with Crippen molar-refractivity contribution in [3.8, 4) is 5.75 Å². The fraction of sp³-hybridized carbons (Fsp3) is 0.333. The van der Waals surface area contributed by atoms with Crippen LogP contribution < -0.4 is 15.2 Å². The first-order valence-electron chi connectivity index (χ1n) is 12.0. The summed E-state index contributed by atoms with van der Waals surface area (Å²) in [5, 5.41) is 0. The zero-order chi connectivity index (χ0) is 26.3. The molecule has 0 spiro atoms. The lowest BCUT2D eigenvalue weighted by Crippen LogP contribution is -2.46. The minimum Gasteiger partial charge on any atom is -0.497 e. The topological polar surface area (TPSA) is 76.4 Å². The molecule has 1 aromatic carbocycles. The van der Waals surface area contributed by atoms with Crippen LogP contribution in [0.5, 0.6) is 5.75 Å². The van der Waals surface area contributed by atoms with Crippen LogP contribution in [0.2, 0.25) is 0 Å². The van der Waals surface area contributed by atoms with Gasteiger partial charge in [0.05, 0.1) is 36.3 Å². The molecule has 5 rings (SSSR count). The highest BCUT2D eigenvalue weighted by Gasteiger charge is 2.33. The highest BCUT2D eigenvalue weighted by Crippen LogP contribution is 2.35. The summed E-state index contributed by atoms with van der Waals surface area (Å²) in [6, 6.07) is 11.3. The fourth-order valence-electron chi connectivity index (χ4n) is 4.65. The number of anilines is 1. The number of thioether (sulfide) groups is 1. The van der Waals surface area contributed by atoms with Crippen molar-refractivity contribution in [2.24, 2.45) is 0 Å². The molecule has 192 valence electrons. The Hall–Kier alpha value is -3.21. The number of ether oxygens (including phenoxy) is 2. The number of aromatic nitrogens is 2. The van der Waals surface area contributed by atoms with E-state index in [0.29, 0.717) is 45.9 Å². The number of fused-ring (bicyclic) bond motifs is 1. The van der Waals surface area contributed by atoms with Crippen molar-refractivity contribution in [2.45, 2.75) is 39.5 Å². The van der Waals surface area contributed by atoms with Crippen LogP contribution in [0.3, 0.4) is 0 Å². The van der Waals surface area contributed by atoms with Crippen LogP contribution in [-0.2, 0) is 16.1 Å². The van der Waals surface area contributed by atoms with Crippen LogP contribution >= 0.6 is 24.0 Å². The largest absolute Gasteiger partial charge is 0.497 e. The smallest absolute Gasteiger partial charge is 0.267 e. The standard InChI is InChI=1S/C27H28N4O4S2/c1-16-5-10-23-28-24(29-13-17(2)35-18(3)14-29)21(25(32)30(23)12-16)11-22-26(33)31(27(36)37-22)15-19-6-8-20(34-4)9-7-19/h5-12,17-18H,13-15H2,1-4H3/b22-11-/t17-,18+. The van der Waals surface area contributed by atoms with Crippen molar-refractivity contribution in [1.82, 2.24) is 14.3 Å². The first-order chi connectivity index (χ1) is 17.7. The maximum absolute atomic E-state index is 13.8. The van der Waals surface area contributed by atoms with Crippen LogP contribution in [0.15, 0.2) is 52.3 Å². The number of carbonyl (C=O) groups excluding carboxylic acids is 1. The van der Waals surface area contributed by atoms with Gasteiger partial charge in [0.15, 0.2) is 0 Å². The minimum absolute atomic E-state index is 0.0161. The summed E-state index contributed by atoms with van der Waals surface area (Å²) in [5.74, 6) is 1.07. The number of carbonyl (C=O) groups is 1. The number of thiocarbonyl (C=S) groups is 1. The fourth-order valence-corrected chi connectivity index (χ4v) is 5.88. The van der Waals surface area contributed by atoms with Crippen LogP contribution in [-0.4, -0.2) is 56.9 Å². The zero-order valence-electron chi connectivity index (χ0n) is 21.1. The molecule has 8 nitrogen and oxygen atoms in total. The summed E-state index contributed by atoms with van der Waals surface area (Å²) in [5.41, 5.74) is 2.57. The first kappa shape index (κ1) is 25.4. The van der Waals surface area contributed by atoms with Crippen LogP contribution in [0, 0.1) is 6.92 Å². The molecular weight excluding hydrogens is 508 g/mol. The molecule has 0 saturated carbocycles. The van der Waals surface area contributed by atoms with Gasteiger partial charge in [0, 0.05) is 19.3 Å². The first-order valence-corrected chi connectivity index (χ1v) is 13.3. The van der Waals surface area contributed by atoms with Gasteiger partial charge in [-0.25, -0.2) is 4.98 Å². The number of methoxy groups -OCH3 is 1. The number of morpholine rings is 1. The second-order valence-electron chi connectivity index (χ2n) is 9.37. The van der Waals surface area contributed by atoms with E-state index in [0.717, 1.165) is 16.9 Å². The second-order valence-corrected chi connectivity index (χ2v) is 11.0. The summed E-state index contributed by atoms with van der Waals surface area (Å²) in [4.78, 5) is 36.1. The molecule has 2 aliphatic rings. The summed E-state index contributed by atoms with van der Waals surface area (Å²) in [6.07, 6.45) is 3.39. The van der Waals surface area contributed by atoms with Crippen molar-refractivity contribution in [2.75, 3.05) is 25.1 Å². The van der Waals surface area contributed by atoms with Gasteiger partial charge in [-0.05, 0) is 56.2 Å². The minimum atomic E-state index is -0.228. The van der Waals surface area contributed by atoms with Gasteiger partial charge in [-0.1, -0.05) is 42.2 Å². The second kappa shape index (κ2) is 10.3. The Morgan fingerprint density at radius 2 is 1.84 bits per heavy atom.